The van der Waals surface area contributed by atoms with E-state index in [4.69, 9.17) is 4.99 Å². The van der Waals surface area contributed by atoms with Crippen LogP contribution in [0.2, 0.25) is 0 Å². The van der Waals surface area contributed by atoms with Crippen LogP contribution in [0.5, 0.6) is 0 Å². The van der Waals surface area contributed by atoms with Crippen molar-refractivity contribution in [3.8, 4) is 16.8 Å². The fourth-order valence-corrected chi connectivity index (χ4v) is 11.8. The predicted octanol–water partition coefficient (Wildman–Crippen LogP) is 17.5. The van der Waals surface area contributed by atoms with Crippen LogP contribution in [0.25, 0.3) is 125 Å². The molecule has 0 amide bonds. The van der Waals surface area contributed by atoms with Crippen molar-refractivity contribution in [1.82, 2.24) is 9.24 Å². The van der Waals surface area contributed by atoms with Crippen LogP contribution in [-0.2, 0) is 0 Å². The van der Waals surface area contributed by atoms with Crippen molar-refractivity contribution in [1.29, 1.82) is 5.41 Å². The number of aliphatic imine (C=N–C) groups is 1. The number of para-hydroxylation sites is 3. The molecule has 0 radical (unpaired) electrons. The molecule has 0 atom stereocenters. The van der Waals surface area contributed by atoms with Crippen molar-refractivity contribution in [3.63, 3.8) is 0 Å². The Hall–Kier alpha value is -9.84. The van der Waals surface area contributed by atoms with E-state index in [0.717, 1.165) is 71.3 Å². The normalized spacial score (nSPS) is 12.2. The Morgan fingerprint density at radius 1 is 0.301 bits per heavy atom. The molecule has 0 aliphatic carbocycles. The van der Waals surface area contributed by atoms with E-state index in [0.29, 0.717) is 5.84 Å². The summed E-state index contributed by atoms with van der Waals surface area (Å²) in [5.74, 6) is 0.733. The lowest BCUT2D eigenvalue weighted by atomic mass is 9.93. The van der Waals surface area contributed by atoms with E-state index >= 15 is 0 Å². The maximum Gasteiger partial charge on any atom is 0.154 e. The quantitative estimate of drug-likeness (QED) is 0.101. The molecule has 0 bridgehead atoms. The molecule has 0 aliphatic heterocycles. The van der Waals surface area contributed by atoms with Gasteiger partial charge in [0.15, 0.2) is 11.7 Å². The Morgan fingerprint density at radius 2 is 0.671 bits per heavy atom. The summed E-state index contributed by atoms with van der Waals surface area (Å²) in [7, 11) is 0. The molecule has 0 saturated carbocycles. The van der Waals surface area contributed by atoms with Gasteiger partial charge in [0.25, 0.3) is 0 Å². The molecule has 2 heterocycles. The van der Waals surface area contributed by atoms with Gasteiger partial charge in [0, 0.05) is 38.4 Å². The number of nitrogens with one attached hydrogen (secondary N) is 2. The number of aromatic nitrogens is 2. The fourth-order valence-electron chi connectivity index (χ4n) is 11.8. The molecule has 15 aromatic rings. The second-order valence-corrected chi connectivity index (χ2v) is 19.1. The largest absolute Gasteiger partial charge is 0.309 e. The van der Waals surface area contributed by atoms with Gasteiger partial charge in [-0.3, -0.25) is 15.5 Å². The molecule has 0 aliphatic rings. The third-order valence-electron chi connectivity index (χ3n) is 15.2. The Bertz CT molecular complexity index is 4770. The van der Waals surface area contributed by atoms with Gasteiger partial charge < -0.3 is 4.57 Å². The van der Waals surface area contributed by atoms with Gasteiger partial charge in [-0.2, -0.15) is 0 Å². The van der Waals surface area contributed by atoms with E-state index in [2.05, 4.69) is 257 Å². The topological polar surface area (TPSA) is 58.1 Å². The first kappa shape index (κ1) is 41.0. The zero-order valence-corrected chi connectivity index (χ0v) is 39.5. The zero-order valence-electron chi connectivity index (χ0n) is 39.5. The Balaban J connectivity index is 0.906. The molecule has 0 fully saturated rings. The predicted molar refractivity (Wildman–Crippen MR) is 310 cm³/mol. The van der Waals surface area contributed by atoms with Crippen LogP contribution in [0.4, 0.5) is 0 Å². The summed E-state index contributed by atoms with van der Waals surface area (Å²) >= 11 is 0. The first-order valence-electron chi connectivity index (χ1n) is 24.9. The van der Waals surface area contributed by atoms with Gasteiger partial charge in [-0.15, -0.1) is 0 Å². The highest BCUT2D eigenvalue weighted by molar-refractivity contribution is 6.28. The summed E-state index contributed by atoms with van der Waals surface area (Å²) in [4.78, 5) is 5.31. The smallest absolute Gasteiger partial charge is 0.154 e. The van der Waals surface area contributed by atoms with Crippen LogP contribution >= 0.6 is 0 Å². The van der Waals surface area contributed by atoms with Crippen molar-refractivity contribution >= 4 is 120 Å². The van der Waals surface area contributed by atoms with Crippen molar-refractivity contribution in [2.45, 2.75) is 0 Å². The number of nitrogens with zero attached hydrogens (tertiary/aromatic N) is 3. The molecule has 13 aromatic carbocycles. The molecule has 0 saturated heterocycles. The number of fused-ring (bicyclic) bond motifs is 18. The summed E-state index contributed by atoms with van der Waals surface area (Å²) in [6.45, 7) is 0. The summed E-state index contributed by atoms with van der Waals surface area (Å²) in [6.07, 6.45) is 0. The molecule has 15 rings (SSSR count). The average molecular weight is 930 g/mol. The van der Waals surface area contributed by atoms with Gasteiger partial charge in [0.1, 0.15) is 0 Å². The minimum Gasteiger partial charge on any atom is -0.309 e. The van der Waals surface area contributed by atoms with E-state index in [9.17, 15) is 5.41 Å². The number of hydrogen-bond donors (Lipinski definition) is 2. The van der Waals surface area contributed by atoms with Crippen LogP contribution in [0.1, 0.15) is 11.1 Å². The SMILES string of the molecule is N=C(N=C(Nn1c2ccccc2c2cc(-c3ccc4c(c3)c3ccccc3n4-c3ccccc3)ccc21)c1ccc2c3ccccc3c3ccccc3c2c1)c1ccc2c3ccccc3c3ccccc3c2c1. The lowest BCUT2D eigenvalue weighted by molar-refractivity contribution is 1.08. The maximum absolute atomic E-state index is 9.86. The first-order valence-corrected chi connectivity index (χ1v) is 24.9. The second kappa shape index (κ2) is 16.1. The van der Waals surface area contributed by atoms with E-state index in [1.54, 1.807) is 0 Å². The van der Waals surface area contributed by atoms with E-state index in [1.807, 2.05) is 6.07 Å². The maximum atomic E-state index is 9.86. The molecular formula is C68H43N5. The molecule has 340 valence electrons. The Labute approximate surface area is 419 Å². The van der Waals surface area contributed by atoms with Crippen molar-refractivity contribution in [2.24, 2.45) is 4.99 Å². The van der Waals surface area contributed by atoms with Crippen LogP contribution in [0.3, 0.4) is 0 Å². The summed E-state index contributed by atoms with van der Waals surface area (Å²) in [6, 6.07) is 89.0. The van der Waals surface area contributed by atoms with Gasteiger partial charge >= 0.3 is 0 Å². The number of benzene rings is 13. The van der Waals surface area contributed by atoms with Gasteiger partial charge in [-0.25, -0.2) is 4.99 Å². The molecule has 2 aromatic heterocycles. The third-order valence-corrected chi connectivity index (χ3v) is 15.2. The molecular weight excluding hydrogens is 887 g/mol. The highest BCUT2D eigenvalue weighted by Gasteiger charge is 2.19. The minimum absolute atomic E-state index is 0.164. The molecule has 73 heavy (non-hydrogen) atoms. The average Bonchev–Trinajstić information content (AvgIpc) is 3.96. The number of hydrogen-bond acceptors (Lipinski definition) is 1. The summed E-state index contributed by atoms with van der Waals surface area (Å²) in [5.41, 5.74) is 13.3. The first-order chi connectivity index (χ1) is 36.1. The standard InChI is InChI=1S/C68H43N5/c69-67(44-30-34-55-51-22-6-4-18-47(51)49-20-8-10-24-53(49)59(55)40-44)70-68(45-31-35-56-52-23-7-5-19-48(52)50-21-9-11-25-54(50)60(56)41-45)71-73-65-29-15-13-27-58(65)62-39-43(33-37-66(62)73)42-32-36-64-61(38-42)57-26-12-14-28-63(57)72(64)46-16-2-1-3-17-46/h1-41H,(H2,69,70,71). The minimum atomic E-state index is 0.164. The third kappa shape index (κ3) is 6.35. The monoisotopic (exact) mass is 929 g/mol. The Morgan fingerprint density at radius 3 is 1.22 bits per heavy atom. The van der Waals surface area contributed by atoms with Crippen LogP contribution < -0.4 is 5.43 Å². The van der Waals surface area contributed by atoms with Crippen molar-refractivity contribution in [2.75, 3.05) is 5.43 Å². The lowest BCUT2D eigenvalue weighted by Crippen LogP contribution is -2.25. The van der Waals surface area contributed by atoms with E-state index < -0.39 is 0 Å². The summed E-state index contributed by atoms with van der Waals surface area (Å²) in [5, 5.41) is 28.7. The summed E-state index contributed by atoms with van der Waals surface area (Å²) < 4.78 is 4.51. The van der Waals surface area contributed by atoms with E-state index in [-0.39, 0.29) is 5.84 Å². The van der Waals surface area contributed by atoms with Gasteiger partial charge in [-0.05, 0) is 136 Å². The molecule has 5 heteroatoms. The van der Waals surface area contributed by atoms with Gasteiger partial charge in [-0.1, -0.05) is 188 Å². The Kier molecular flexibility index (Phi) is 9.04. The van der Waals surface area contributed by atoms with Gasteiger partial charge in [0.2, 0.25) is 0 Å². The second-order valence-electron chi connectivity index (χ2n) is 19.1. The fraction of sp³-hybridized carbons (Fsp3) is 0. The van der Waals surface area contributed by atoms with E-state index in [1.165, 1.54) is 64.9 Å². The zero-order chi connectivity index (χ0) is 48.1. The highest BCUT2D eigenvalue weighted by Crippen LogP contribution is 2.40. The highest BCUT2D eigenvalue weighted by atomic mass is 15.4. The molecule has 5 nitrogen and oxygen atoms in total. The van der Waals surface area contributed by atoms with Crippen molar-refractivity contribution < 1.29 is 0 Å². The van der Waals surface area contributed by atoms with Crippen molar-refractivity contribution in [3.05, 3.63) is 260 Å². The molecule has 0 spiro atoms. The number of amidine groups is 2. The lowest BCUT2D eigenvalue weighted by Gasteiger charge is -2.17. The number of rotatable bonds is 5. The van der Waals surface area contributed by atoms with Crippen LogP contribution in [0.15, 0.2) is 254 Å². The van der Waals surface area contributed by atoms with Crippen LogP contribution in [-0.4, -0.2) is 20.9 Å². The van der Waals surface area contributed by atoms with Crippen LogP contribution in [0, 0.1) is 5.41 Å². The molecule has 0 unspecified atom stereocenters. The molecule has 2 N–H and O–H groups in total. The van der Waals surface area contributed by atoms with Gasteiger partial charge in [0.05, 0.1) is 22.1 Å².